The quantitative estimate of drug-likeness (QED) is 0.205. The fourth-order valence-electron chi connectivity index (χ4n) is 3.25. The lowest BCUT2D eigenvalue weighted by Crippen LogP contribution is -2.57. The highest BCUT2D eigenvalue weighted by Gasteiger charge is 2.39. The van der Waals surface area contributed by atoms with Crippen molar-refractivity contribution >= 4 is 36.2 Å². The van der Waals surface area contributed by atoms with Gasteiger partial charge in [-0.05, 0) is 37.2 Å². The number of carbonyl (C=O) groups is 3. The Morgan fingerprint density at radius 2 is 1.97 bits per heavy atom. The van der Waals surface area contributed by atoms with Crippen molar-refractivity contribution in [2.45, 2.75) is 69.9 Å². The van der Waals surface area contributed by atoms with Crippen molar-refractivity contribution < 1.29 is 37.5 Å². The van der Waals surface area contributed by atoms with E-state index in [1.165, 1.54) is 25.1 Å². The summed E-state index contributed by atoms with van der Waals surface area (Å²) in [5, 5.41) is 16.9. The van der Waals surface area contributed by atoms with Crippen LogP contribution in [0.2, 0.25) is 0 Å². The first-order valence-electron chi connectivity index (χ1n) is 10.4. The standard InChI is InChI=1S/C20H31F3N4O5S/c1-12(2)10-14(15(27(31)11-28)6-7-20(21,22)23)17(29)25-16(13(3)32-4)18(30)26-19-24-8-5-9-33-19/h5,8-9,11-16,19,31H,6-7,10H2,1-4H3,(H,25,29)(H,26,30)/t13-,14-,15+,16+,19?/m1/s1. The van der Waals surface area contributed by atoms with E-state index >= 15 is 0 Å². The molecule has 0 spiro atoms. The van der Waals surface area contributed by atoms with Gasteiger partial charge in [-0.25, -0.2) is 5.06 Å². The number of allylic oxidation sites excluding steroid dienone is 1. The molecule has 0 saturated heterocycles. The van der Waals surface area contributed by atoms with Crippen LogP contribution >= 0.6 is 11.8 Å². The van der Waals surface area contributed by atoms with E-state index in [4.69, 9.17) is 4.74 Å². The molecule has 1 heterocycles. The molecule has 0 fully saturated rings. The van der Waals surface area contributed by atoms with Gasteiger partial charge in [0, 0.05) is 19.7 Å². The highest BCUT2D eigenvalue weighted by molar-refractivity contribution is 8.02. The maximum atomic E-state index is 13.2. The third-order valence-corrected chi connectivity index (χ3v) is 5.79. The number of nitrogens with one attached hydrogen (secondary N) is 2. The molecule has 3 N–H and O–H groups in total. The van der Waals surface area contributed by atoms with Crippen molar-refractivity contribution in [1.29, 1.82) is 0 Å². The molecule has 188 valence electrons. The Morgan fingerprint density at radius 3 is 2.45 bits per heavy atom. The van der Waals surface area contributed by atoms with Gasteiger partial charge in [-0.1, -0.05) is 25.6 Å². The van der Waals surface area contributed by atoms with Gasteiger partial charge >= 0.3 is 6.18 Å². The largest absolute Gasteiger partial charge is 0.389 e. The summed E-state index contributed by atoms with van der Waals surface area (Å²) in [6.07, 6.45) is -4.07. The van der Waals surface area contributed by atoms with Gasteiger partial charge in [0.05, 0.1) is 18.1 Å². The lowest BCUT2D eigenvalue weighted by atomic mass is 9.86. The van der Waals surface area contributed by atoms with Gasteiger partial charge < -0.3 is 15.4 Å². The Labute approximate surface area is 195 Å². The number of halogens is 3. The van der Waals surface area contributed by atoms with Gasteiger partial charge in [0.2, 0.25) is 18.2 Å². The molecule has 0 saturated carbocycles. The second-order valence-corrected chi connectivity index (χ2v) is 8.98. The van der Waals surface area contributed by atoms with Crippen molar-refractivity contribution in [2.75, 3.05) is 7.11 Å². The SMILES string of the molecule is CO[C@H](C)[C@H](NC(=O)[C@H](CC(C)C)[C@H](CCC(F)(F)F)N(O)C=O)C(=O)NC1N=CC=CS1. The first kappa shape index (κ1) is 28.9. The molecule has 33 heavy (non-hydrogen) atoms. The third kappa shape index (κ3) is 10.1. The zero-order valence-electron chi connectivity index (χ0n) is 18.9. The predicted octanol–water partition coefficient (Wildman–Crippen LogP) is 2.46. The number of thioether (sulfide) groups is 1. The summed E-state index contributed by atoms with van der Waals surface area (Å²) >= 11 is 1.23. The number of carbonyl (C=O) groups excluding carboxylic acids is 3. The highest BCUT2D eigenvalue weighted by Crippen LogP contribution is 2.29. The lowest BCUT2D eigenvalue weighted by molar-refractivity contribution is -0.178. The molecule has 0 bridgehead atoms. The van der Waals surface area contributed by atoms with Crippen molar-refractivity contribution in [2.24, 2.45) is 16.8 Å². The number of ether oxygens (including phenoxy) is 1. The van der Waals surface area contributed by atoms with E-state index in [0.29, 0.717) is 0 Å². The molecule has 1 rings (SSSR count). The molecule has 3 amide bonds. The van der Waals surface area contributed by atoms with Crippen LogP contribution in [-0.2, 0) is 19.1 Å². The summed E-state index contributed by atoms with van der Waals surface area (Å²) in [5.74, 6) is -2.73. The van der Waals surface area contributed by atoms with Gasteiger partial charge in [-0.3, -0.25) is 24.6 Å². The smallest absolute Gasteiger partial charge is 0.379 e. The molecule has 5 atom stereocenters. The van der Waals surface area contributed by atoms with E-state index in [1.54, 1.807) is 32.3 Å². The zero-order valence-corrected chi connectivity index (χ0v) is 19.7. The Kier molecular flexibility index (Phi) is 11.9. The van der Waals surface area contributed by atoms with Gasteiger partial charge in [-0.15, -0.1) is 0 Å². The molecule has 9 nitrogen and oxygen atoms in total. The summed E-state index contributed by atoms with van der Waals surface area (Å²) in [5.41, 5.74) is -0.611. The van der Waals surface area contributed by atoms with Crippen molar-refractivity contribution in [3.63, 3.8) is 0 Å². The van der Waals surface area contributed by atoms with E-state index in [1.807, 2.05) is 0 Å². The third-order valence-electron chi connectivity index (χ3n) is 4.98. The molecule has 1 unspecified atom stereocenters. The maximum Gasteiger partial charge on any atom is 0.389 e. The Morgan fingerprint density at radius 1 is 1.30 bits per heavy atom. The molecular weight excluding hydrogens is 465 g/mol. The van der Waals surface area contributed by atoms with Crippen LogP contribution < -0.4 is 10.6 Å². The van der Waals surface area contributed by atoms with Crippen molar-refractivity contribution in [3.05, 3.63) is 11.5 Å². The van der Waals surface area contributed by atoms with Crippen LogP contribution in [0.15, 0.2) is 16.5 Å². The minimum Gasteiger partial charge on any atom is -0.379 e. The molecule has 0 aromatic rings. The maximum absolute atomic E-state index is 13.2. The number of nitrogens with zero attached hydrogens (tertiary/aromatic N) is 2. The van der Waals surface area contributed by atoms with E-state index in [2.05, 4.69) is 15.6 Å². The van der Waals surface area contributed by atoms with Crippen LogP contribution in [-0.4, -0.2) is 71.7 Å². The fourth-order valence-corrected chi connectivity index (χ4v) is 3.88. The van der Waals surface area contributed by atoms with Crippen LogP contribution in [0, 0.1) is 11.8 Å². The summed E-state index contributed by atoms with van der Waals surface area (Å²) in [6, 6.07) is -2.62. The van der Waals surface area contributed by atoms with Crippen LogP contribution in [0.3, 0.4) is 0 Å². The number of hydrogen-bond acceptors (Lipinski definition) is 7. The number of alkyl halides is 3. The first-order chi connectivity index (χ1) is 15.4. The van der Waals surface area contributed by atoms with Crippen molar-refractivity contribution in [1.82, 2.24) is 15.7 Å². The van der Waals surface area contributed by atoms with Crippen LogP contribution in [0.5, 0.6) is 0 Å². The van der Waals surface area contributed by atoms with Crippen molar-refractivity contribution in [3.8, 4) is 0 Å². The van der Waals surface area contributed by atoms with Crippen LogP contribution in [0.1, 0.15) is 40.0 Å². The Hall–Kier alpha value is -2.12. The number of hydrogen-bond donors (Lipinski definition) is 3. The average molecular weight is 497 g/mol. The second-order valence-electron chi connectivity index (χ2n) is 7.99. The van der Waals surface area contributed by atoms with Gasteiger partial charge in [0.15, 0.2) is 5.50 Å². The van der Waals surface area contributed by atoms with E-state index < -0.39 is 60.4 Å². The highest BCUT2D eigenvalue weighted by atomic mass is 32.2. The minimum atomic E-state index is -4.54. The monoisotopic (exact) mass is 496 g/mol. The normalized spacial score (nSPS) is 19.5. The van der Waals surface area contributed by atoms with Crippen LogP contribution in [0.4, 0.5) is 13.2 Å². The predicted molar refractivity (Wildman–Crippen MR) is 117 cm³/mol. The molecule has 1 aliphatic rings. The molecule has 1 aliphatic heterocycles. The number of aliphatic imine (C=N–C) groups is 1. The van der Waals surface area contributed by atoms with Gasteiger partial charge in [0.1, 0.15) is 6.04 Å². The molecular formula is C20H31F3N4O5S. The number of hydroxylamine groups is 2. The van der Waals surface area contributed by atoms with Crippen LogP contribution in [0.25, 0.3) is 0 Å². The first-order valence-corrected chi connectivity index (χ1v) is 11.3. The average Bonchev–Trinajstić information content (AvgIpc) is 2.75. The van der Waals surface area contributed by atoms with E-state index in [9.17, 15) is 32.8 Å². The lowest BCUT2D eigenvalue weighted by Gasteiger charge is -2.33. The van der Waals surface area contributed by atoms with E-state index in [-0.39, 0.29) is 23.8 Å². The second kappa shape index (κ2) is 13.6. The molecule has 13 heteroatoms. The Balaban J connectivity index is 3.10. The molecule has 0 aromatic heterocycles. The molecule has 0 aromatic carbocycles. The zero-order chi connectivity index (χ0) is 25.2. The summed E-state index contributed by atoms with van der Waals surface area (Å²) in [6.45, 7) is 5.04. The summed E-state index contributed by atoms with van der Waals surface area (Å²) in [7, 11) is 1.34. The van der Waals surface area contributed by atoms with Gasteiger partial charge in [0.25, 0.3) is 0 Å². The summed E-state index contributed by atoms with van der Waals surface area (Å²) < 4.78 is 43.7. The molecule has 0 aliphatic carbocycles. The molecule has 0 radical (unpaired) electrons. The number of methoxy groups -OCH3 is 1. The number of rotatable bonds is 13. The Bertz CT molecular complexity index is 720. The summed E-state index contributed by atoms with van der Waals surface area (Å²) in [4.78, 5) is 41.2. The number of amides is 3. The minimum absolute atomic E-state index is 0.0323. The topological polar surface area (TPSA) is 120 Å². The fraction of sp³-hybridized carbons (Fsp3) is 0.700. The van der Waals surface area contributed by atoms with E-state index in [0.717, 1.165) is 0 Å². The van der Waals surface area contributed by atoms with Gasteiger partial charge in [-0.2, -0.15) is 13.2 Å².